The summed E-state index contributed by atoms with van der Waals surface area (Å²) >= 11 is 0. The van der Waals surface area contributed by atoms with Gasteiger partial charge in [0, 0.05) is 6.20 Å². The van der Waals surface area contributed by atoms with Crippen LogP contribution in [0.15, 0.2) is 6.20 Å². The molecule has 0 amide bonds. The molecule has 1 aromatic heterocycles. The van der Waals surface area contributed by atoms with Crippen LogP contribution < -0.4 is 0 Å². The van der Waals surface area contributed by atoms with Crippen molar-refractivity contribution in [2.75, 3.05) is 0 Å². The molecule has 0 aliphatic carbocycles. The standard InChI is InChI=1S/C10H13NO2/c1-6-5-11-10(8(6)3)9(13)4-7(2)12/h5,11H,4H2,1-3H3. The smallest absolute Gasteiger partial charge is 0.186 e. The number of nitrogens with one attached hydrogen (secondary N) is 1. The first-order valence-corrected chi connectivity index (χ1v) is 4.19. The summed E-state index contributed by atoms with van der Waals surface area (Å²) in [5.74, 6) is -0.227. The molecule has 0 saturated heterocycles. The average Bonchev–Trinajstić information content (AvgIpc) is 2.31. The topological polar surface area (TPSA) is 49.9 Å². The van der Waals surface area contributed by atoms with Gasteiger partial charge < -0.3 is 4.98 Å². The molecule has 1 heterocycles. The van der Waals surface area contributed by atoms with Crippen molar-refractivity contribution in [3.63, 3.8) is 0 Å². The van der Waals surface area contributed by atoms with Gasteiger partial charge in [0.2, 0.25) is 0 Å². The Morgan fingerprint density at radius 1 is 1.38 bits per heavy atom. The van der Waals surface area contributed by atoms with Crippen molar-refractivity contribution < 1.29 is 9.59 Å². The van der Waals surface area contributed by atoms with Gasteiger partial charge in [0.05, 0.1) is 12.1 Å². The quantitative estimate of drug-likeness (QED) is 0.568. The van der Waals surface area contributed by atoms with Crippen molar-refractivity contribution in [3.8, 4) is 0 Å². The molecule has 0 saturated carbocycles. The summed E-state index contributed by atoms with van der Waals surface area (Å²) in [5, 5.41) is 0. The zero-order valence-electron chi connectivity index (χ0n) is 8.10. The number of ketones is 2. The molecular weight excluding hydrogens is 166 g/mol. The maximum atomic E-state index is 11.4. The van der Waals surface area contributed by atoms with E-state index in [0.717, 1.165) is 11.1 Å². The van der Waals surface area contributed by atoms with Crippen molar-refractivity contribution in [1.29, 1.82) is 0 Å². The molecule has 3 heteroatoms. The van der Waals surface area contributed by atoms with E-state index in [-0.39, 0.29) is 18.0 Å². The lowest BCUT2D eigenvalue weighted by Gasteiger charge is -1.96. The molecule has 0 aliphatic rings. The van der Waals surface area contributed by atoms with E-state index in [1.54, 1.807) is 6.20 Å². The molecular formula is C10H13NO2. The normalized spacial score (nSPS) is 10.1. The van der Waals surface area contributed by atoms with Crippen molar-refractivity contribution in [3.05, 3.63) is 23.0 Å². The number of aromatic amines is 1. The zero-order valence-corrected chi connectivity index (χ0v) is 8.10. The van der Waals surface area contributed by atoms with Crippen LogP contribution in [0.4, 0.5) is 0 Å². The molecule has 0 unspecified atom stereocenters. The van der Waals surface area contributed by atoms with Gasteiger partial charge in [-0.05, 0) is 31.9 Å². The highest BCUT2D eigenvalue weighted by Crippen LogP contribution is 2.13. The van der Waals surface area contributed by atoms with E-state index < -0.39 is 0 Å². The highest BCUT2D eigenvalue weighted by Gasteiger charge is 2.13. The zero-order chi connectivity index (χ0) is 10.0. The van der Waals surface area contributed by atoms with E-state index in [1.807, 2.05) is 13.8 Å². The lowest BCUT2D eigenvalue weighted by atomic mass is 10.1. The summed E-state index contributed by atoms with van der Waals surface area (Å²) in [6.07, 6.45) is 1.77. The molecule has 0 bridgehead atoms. The number of rotatable bonds is 3. The Hall–Kier alpha value is -1.38. The maximum absolute atomic E-state index is 11.4. The average molecular weight is 179 g/mol. The fourth-order valence-electron chi connectivity index (χ4n) is 1.20. The molecule has 0 spiro atoms. The van der Waals surface area contributed by atoms with Crippen LogP contribution in [-0.4, -0.2) is 16.6 Å². The molecule has 0 aromatic carbocycles. The van der Waals surface area contributed by atoms with E-state index in [2.05, 4.69) is 4.98 Å². The van der Waals surface area contributed by atoms with Gasteiger partial charge in [-0.15, -0.1) is 0 Å². The summed E-state index contributed by atoms with van der Waals surface area (Å²) in [6, 6.07) is 0. The van der Waals surface area contributed by atoms with Crippen LogP contribution >= 0.6 is 0 Å². The molecule has 13 heavy (non-hydrogen) atoms. The van der Waals surface area contributed by atoms with E-state index in [4.69, 9.17) is 0 Å². The molecule has 0 radical (unpaired) electrons. The lowest BCUT2D eigenvalue weighted by Crippen LogP contribution is -2.06. The predicted octanol–water partition coefficient (Wildman–Crippen LogP) is 1.79. The Bertz CT molecular complexity index is 350. The molecule has 1 rings (SSSR count). The van der Waals surface area contributed by atoms with E-state index >= 15 is 0 Å². The third-order valence-electron chi connectivity index (χ3n) is 2.09. The number of hydrogen-bond acceptors (Lipinski definition) is 2. The lowest BCUT2D eigenvalue weighted by molar-refractivity contribution is -0.116. The summed E-state index contributed by atoms with van der Waals surface area (Å²) in [7, 11) is 0. The second-order valence-electron chi connectivity index (χ2n) is 3.27. The highest BCUT2D eigenvalue weighted by atomic mass is 16.1. The third-order valence-corrected chi connectivity index (χ3v) is 2.09. The molecule has 0 atom stereocenters. The number of carbonyl (C=O) groups excluding carboxylic acids is 2. The SMILES string of the molecule is CC(=O)CC(=O)c1[nH]cc(C)c1C. The number of aryl methyl sites for hydroxylation is 1. The Kier molecular flexibility index (Phi) is 2.66. The maximum Gasteiger partial charge on any atom is 0.186 e. The van der Waals surface area contributed by atoms with Gasteiger partial charge >= 0.3 is 0 Å². The second-order valence-corrected chi connectivity index (χ2v) is 3.27. The number of Topliss-reactive ketones (excluding diaryl/α,β-unsaturated/α-hetero) is 2. The first kappa shape index (κ1) is 9.71. The fraction of sp³-hybridized carbons (Fsp3) is 0.400. The summed E-state index contributed by atoms with van der Waals surface area (Å²) in [4.78, 5) is 25.0. The Morgan fingerprint density at radius 3 is 2.38 bits per heavy atom. The van der Waals surface area contributed by atoms with Gasteiger partial charge in [0.25, 0.3) is 0 Å². The van der Waals surface area contributed by atoms with E-state index in [0.29, 0.717) is 5.69 Å². The van der Waals surface area contributed by atoms with Crippen LogP contribution in [0.5, 0.6) is 0 Å². The van der Waals surface area contributed by atoms with Gasteiger partial charge in [-0.1, -0.05) is 0 Å². The van der Waals surface area contributed by atoms with Crippen LogP contribution in [0.25, 0.3) is 0 Å². The monoisotopic (exact) mass is 179 g/mol. The van der Waals surface area contributed by atoms with Gasteiger partial charge in [-0.2, -0.15) is 0 Å². The highest BCUT2D eigenvalue weighted by molar-refractivity contribution is 6.07. The number of H-pyrrole nitrogens is 1. The van der Waals surface area contributed by atoms with Crippen LogP contribution in [0.1, 0.15) is 35.0 Å². The van der Waals surface area contributed by atoms with Gasteiger partial charge in [0.15, 0.2) is 5.78 Å². The largest absolute Gasteiger partial charge is 0.358 e. The second kappa shape index (κ2) is 3.56. The minimum absolute atomic E-state index is 0.0131. The molecule has 0 aliphatic heterocycles. The minimum Gasteiger partial charge on any atom is -0.358 e. The van der Waals surface area contributed by atoms with Crippen LogP contribution in [0.2, 0.25) is 0 Å². The van der Waals surface area contributed by atoms with E-state index in [1.165, 1.54) is 6.92 Å². The van der Waals surface area contributed by atoms with Crippen molar-refractivity contribution in [2.24, 2.45) is 0 Å². The first-order chi connectivity index (χ1) is 6.02. The Labute approximate surface area is 77.2 Å². The molecule has 3 nitrogen and oxygen atoms in total. The summed E-state index contributed by atoms with van der Waals surface area (Å²) < 4.78 is 0. The van der Waals surface area contributed by atoms with Crippen molar-refractivity contribution >= 4 is 11.6 Å². The predicted molar refractivity (Wildman–Crippen MR) is 49.9 cm³/mol. The third kappa shape index (κ3) is 2.05. The number of hydrogen-bond donors (Lipinski definition) is 1. The van der Waals surface area contributed by atoms with Crippen LogP contribution in [0.3, 0.4) is 0 Å². The number of aromatic nitrogens is 1. The fourth-order valence-corrected chi connectivity index (χ4v) is 1.20. The first-order valence-electron chi connectivity index (χ1n) is 4.19. The van der Waals surface area contributed by atoms with Gasteiger partial charge in [0.1, 0.15) is 5.78 Å². The molecule has 1 aromatic rings. The summed E-state index contributed by atoms with van der Waals surface area (Å²) in [5.41, 5.74) is 2.55. The van der Waals surface area contributed by atoms with Crippen LogP contribution in [0, 0.1) is 13.8 Å². The molecule has 0 fully saturated rings. The Balaban J connectivity index is 2.89. The molecule has 1 N–H and O–H groups in total. The summed E-state index contributed by atoms with van der Waals surface area (Å²) in [6.45, 7) is 5.22. The molecule has 70 valence electrons. The van der Waals surface area contributed by atoms with Crippen LogP contribution in [-0.2, 0) is 4.79 Å². The van der Waals surface area contributed by atoms with Crippen molar-refractivity contribution in [1.82, 2.24) is 4.98 Å². The minimum atomic E-state index is -0.127. The van der Waals surface area contributed by atoms with Crippen molar-refractivity contribution in [2.45, 2.75) is 27.2 Å². The van der Waals surface area contributed by atoms with Gasteiger partial charge in [-0.25, -0.2) is 0 Å². The number of carbonyl (C=O) groups is 2. The van der Waals surface area contributed by atoms with E-state index in [9.17, 15) is 9.59 Å². The Morgan fingerprint density at radius 2 is 2.00 bits per heavy atom. The van der Waals surface area contributed by atoms with Gasteiger partial charge in [-0.3, -0.25) is 9.59 Å².